The Morgan fingerprint density at radius 2 is 1.83 bits per heavy atom. The first-order valence-electron chi connectivity index (χ1n) is 5.84. The normalized spacial score (nSPS) is 28.8. The van der Waals surface area contributed by atoms with Crippen LogP contribution in [0.5, 0.6) is 0 Å². The average molecular weight is 267 g/mol. The van der Waals surface area contributed by atoms with Crippen molar-refractivity contribution < 1.29 is 27.9 Å². The largest absolute Gasteiger partial charge is 0.480 e. The minimum Gasteiger partial charge on any atom is -0.480 e. The third kappa shape index (κ3) is 3.14. The summed E-state index contributed by atoms with van der Waals surface area (Å²) in [6, 6.07) is 0. The van der Waals surface area contributed by atoms with Crippen LogP contribution in [0.1, 0.15) is 39.0 Å². The highest BCUT2D eigenvalue weighted by atomic mass is 19.4. The number of hydrogen-bond acceptors (Lipinski definition) is 2. The van der Waals surface area contributed by atoms with Crippen LogP contribution in [0.4, 0.5) is 13.2 Å². The number of nitrogens with one attached hydrogen (secondary N) is 1. The zero-order chi connectivity index (χ0) is 14.0. The number of carboxylic acids is 1. The van der Waals surface area contributed by atoms with E-state index in [0.29, 0.717) is 18.8 Å². The third-order valence-corrected chi connectivity index (χ3v) is 3.56. The molecule has 7 heteroatoms. The summed E-state index contributed by atoms with van der Waals surface area (Å²) >= 11 is 0. The van der Waals surface area contributed by atoms with Crippen LogP contribution in [0.3, 0.4) is 0 Å². The van der Waals surface area contributed by atoms with E-state index in [2.05, 4.69) is 0 Å². The molecule has 0 atom stereocenters. The molecule has 18 heavy (non-hydrogen) atoms. The molecule has 0 bridgehead atoms. The van der Waals surface area contributed by atoms with Crippen LogP contribution in [0.25, 0.3) is 0 Å². The van der Waals surface area contributed by atoms with Crippen molar-refractivity contribution in [2.24, 2.45) is 5.92 Å². The van der Waals surface area contributed by atoms with Crippen LogP contribution in [0.15, 0.2) is 0 Å². The highest BCUT2D eigenvalue weighted by molar-refractivity contribution is 5.89. The molecule has 0 aromatic rings. The van der Waals surface area contributed by atoms with Gasteiger partial charge in [-0.1, -0.05) is 13.3 Å². The summed E-state index contributed by atoms with van der Waals surface area (Å²) in [7, 11) is 0. The quantitative estimate of drug-likeness (QED) is 0.822. The van der Waals surface area contributed by atoms with Crippen molar-refractivity contribution in [1.29, 1.82) is 0 Å². The molecule has 1 rings (SSSR count). The Kier molecular flexibility index (Phi) is 4.24. The van der Waals surface area contributed by atoms with Crippen molar-refractivity contribution in [2.45, 2.75) is 50.7 Å². The molecule has 0 saturated heterocycles. The van der Waals surface area contributed by atoms with Crippen LogP contribution in [0, 0.1) is 5.92 Å². The van der Waals surface area contributed by atoms with E-state index in [1.165, 1.54) is 0 Å². The number of amides is 1. The second-order valence-corrected chi connectivity index (χ2v) is 4.69. The molecule has 1 aliphatic carbocycles. The fraction of sp³-hybridized carbons (Fsp3) is 0.818. The van der Waals surface area contributed by atoms with Gasteiger partial charge in [0.15, 0.2) is 0 Å². The lowest BCUT2D eigenvalue weighted by Gasteiger charge is -2.37. The van der Waals surface area contributed by atoms with Crippen LogP contribution in [-0.4, -0.2) is 28.7 Å². The first kappa shape index (κ1) is 14.8. The van der Waals surface area contributed by atoms with Crippen LogP contribution in [-0.2, 0) is 9.59 Å². The Bertz CT molecular complexity index is 333. The van der Waals surface area contributed by atoms with E-state index < -0.39 is 23.6 Å². The molecule has 0 aliphatic heterocycles. The standard InChI is InChI=1S/C11H16F3NO3/c1-2-7-3-5-10(6-4-7,9(17)18)15-8(16)11(12,13)14/h7H,2-6H2,1H3,(H,15,16)(H,17,18). The van der Waals surface area contributed by atoms with Crippen molar-refractivity contribution in [3.63, 3.8) is 0 Å². The maximum atomic E-state index is 12.2. The van der Waals surface area contributed by atoms with Crippen molar-refractivity contribution in [3.05, 3.63) is 0 Å². The van der Waals surface area contributed by atoms with Gasteiger partial charge in [-0.3, -0.25) is 4.79 Å². The van der Waals surface area contributed by atoms with E-state index in [0.717, 1.165) is 6.42 Å². The van der Waals surface area contributed by atoms with E-state index in [4.69, 9.17) is 5.11 Å². The zero-order valence-corrected chi connectivity index (χ0v) is 10.0. The molecule has 0 spiro atoms. The van der Waals surface area contributed by atoms with Gasteiger partial charge in [-0.15, -0.1) is 0 Å². The maximum absolute atomic E-state index is 12.2. The van der Waals surface area contributed by atoms with Gasteiger partial charge in [0.1, 0.15) is 5.54 Å². The molecule has 1 aliphatic rings. The van der Waals surface area contributed by atoms with Crippen molar-refractivity contribution in [3.8, 4) is 0 Å². The average Bonchev–Trinajstić information content (AvgIpc) is 2.28. The van der Waals surface area contributed by atoms with Gasteiger partial charge in [-0.25, -0.2) is 4.79 Å². The summed E-state index contributed by atoms with van der Waals surface area (Å²) in [5.41, 5.74) is -1.77. The lowest BCUT2D eigenvalue weighted by Crippen LogP contribution is -2.59. The minimum atomic E-state index is -5.05. The summed E-state index contributed by atoms with van der Waals surface area (Å²) in [4.78, 5) is 22.0. The summed E-state index contributed by atoms with van der Waals surface area (Å²) < 4.78 is 36.5. The molecule has 0 radical (unpaired) electrons. The number of carboxylic acid groups (broad SMARTS) is 1. The fourth-order valence-corrected chi connectivity index (χ4v) is 2.26. The second kappa shape index (κ2) is 5.16. The molecule has 1 saturated carbocycles. The van der Waals surface area contributed by atoms with E-state index in [1.54, 1.807) is 5.32 Å². The molecule has 1 fully saturated rings. The van der Waals surface area contributed by atoms with E-state index in [-0.39, 0.29) is 12.8 Å². The number of carbonyl (C=O) groups excluding carboxylic acids is 1. The lowest BCUT2D eigenvalue weighted by atomic mass is 9.75. The van der Waals surface area contributed by atoms with Crippen LogP contribution in [0.2, 0.25) is 0 Å². The van der Waals surface area contributed by atoms with E-state index in [1.807, 2.05) is 6.92 Å². The number of aliphatic carboxylic acids is 1. The number of halogens is 3. The maximum Gasteiger partial charge on any atom is 0.471 e. The Morgan fingerprint density at radius 3 is 2.17 bits per heavy atom. The predicted octanol–water partition coefficient (Wildman–Crippen LogP) is 2.09. The fourth-order valence-electron chi connectivity index (χ4n) is 2.26. The lowest BCUT2D eigenvalue weighted by molar-refractivity contribution is -0.178. The Hall–Kier alpha value is -1.27. The van der Waals surface area contributed by atoms with Crippen LogP contribution >= 0.6 is 0 Å². The molecule has 4 nitrogen and oxygen atoms in total. The summed E-state index contributed by atoms with van der Waals surface area (Å²) in [6.45, 7) is 1.95. The number of alkyl halides is 3. The van der Waals surface area contributed by atoms with Gasteiger partial charge in [0.25, 0.3) is 0 Å². The van der Waals surface area contributed by atoms with Gasteiger partial charge in [0, 0.05) is 0 Å². The number of carbonyl (C=O) groups is 2. The predicted molar refractivity (Wildman–Crippen MR) is 56.8 cm³/mol. The Balaban J connectivity index is 2.78. The van der Waals surface area contributed by atoms with Crippen molar-refractivity contribution >= 4 is 11.9 Å². The van der Waals surface area contributed by atoms with Gasteiger partial charge in [0.2, 0.25) is 0 Å². The third-order valence-electron chi connectivity index (χ3n) is 3.56. The topological polar surface area (TPSA) is 66.4 Å². The highest BCUT2D eigenvalue weighted by Crippen LogP contribution is 2.34. The number of rotatable bonds is 3. The second-order valence-electron chi connectivity index (χ2n) is 4.69. The molecule has 2 N–H and O–H groups in total. The van der Waals surface area contributed by atoms with Crippen molar-refractivity contribution in [1.82, 2.24) is 5.32 Å². The SMILES string of the molecule is CCC1CCC(NC(=O)C(F)(F)F)(C(=O)O)CC1. The molecule has 0 heterocycles. The summed E-state index contributed by atoms with van der Waals surface area (Å²) in [5.74, 6) is -3.25. The monoisotopic (exact) mass is 267 g/mol. The summed E-state index contributed by atoms with van der Waals surface area (Å²) in [6.07, 6.45) is -3.07. The molecular weight excluding hydrogens is 251 g/mol. The van der Waals surface area contributed by atoms with Gasteiger partial charge >= 0.3 is 18.1 Å². The van der Waals surface area contributed by atoms with Crippen molar-refractivity contribution in [2.75, 3.05) is 0 Å². The molecule has 1 amide bonds. The zero-order valence-electron chi connectivity index (χ0n) is 10.0. The van der Waals surface area contributed by atoms with Gasteiger partial charge in [-0.2, -0.15) is 13.2 Å². The minimum absolute atomic E-state index is 0.0443. The smallest absolute Gasteiger partial charge is 0.471 e. The van der Waals surface area contributed by atoms with Gasteiger partial charge in [-0.05, 0) is 31.6 Å². The Labute approximate surface area is 103 Å². The molecule has 0 unspecified atom stereocenters. The van der Waals surface area contributed by atoms with Gasteiger partial charge < -0.3 is 10.4 Å². The van der Waals surface area contributed by atoms with Gasteiger partial charge in [0.05, 0.1) is 0 Å². The van der Waals surface area contributed by atoms with E-state index in [9.17, 15) is 22.8 Å². The molecule has 0 aromatic heterocycles. The Morgan fingerprint density at radius 1 is 1.33 bits per heavy atom. The number of hydrogen-bond donors (Lipinski definition) is 2. The van der Waals surface area contributed by atoms with E-state index >= 15 is 0 Å². The first-order valence-corrected chi connectivity index (χ1v) is 5.84. The first-order chi connectivity index (χ1) is 8.21. The molecule has 104 valence electrons. The van der Waals surface area contributed by atoms with Crippen LogP contribution < -0.4 is 5.32 Å². The molecule has 0 aromatic carbocycles. The summed E-state index contributed by atoms with van der Waals surface area (Å²) in [5, 5.41) is 10.7. The highest BCUT2D eigenvalue weighted by Gasteiger charge is 2.48. The molecular formula is C11H16F3NO3.